The summed E-state index contributed by atoms with van der Waals surface area (Å²) >= 11 is 0. The molecule has 5 rings (SSSR count). The molecule has 11 heteroatoms. The van der Waals surface area contributed by atoms with Gasteiger partial charge in [0.1, 0.15) is 54.0 Å². The van der Waals surface area contributed by atoms with Crippen LogP contribution in [-0.2, 0) is 59.1 Å². The molecule has 0 saturated carbocycles. The molecule has 0 aliphatic carbocycles. The van der Waals surface area contributed by atoms with Crippen molar-refractivity contribution in [3.63, 3.8) is 0 Å². The monoisotopic (exact) mass is 786 g/mol. The number of ether oxygens (including phenoxy) is 9. The summed E-state index contributed by atoms with van der Waals surface area (Å²) in [6.45, 7) is 12.4. The minimum atomic E-state index is -0.915. The number of esters is 1. The van der Waals surface area contributed by atoms with Gasteiger partial charge in [-0.05, 0) is 76.1 Å². The van der Waals surface area contributed by atoms with Crippen LogP contribution in [0.1, 0.15) is 79.7 Å². The first-order valence-corrected chi connectivity index (χ1v) is 19.1. The normalized spacial score (nSPS) is 19.9. The number of carbonyl (C=O) groups excluding carboxylic acids is 1. The first kappa shape index (κ1) is 43.5. The maximum Gasteiger partial charge on any atom is 0.338 e. The van der Waals surface area contributed by atoms with Crippen LogP contribution in [0.3, 0.4) is 0 Å². The number of methoxy groups -OCH3 is 4. The third-order valence-corrected chi connectivity index (χ3v) is 9.97. The molecule has 0 unspecified atom stereocenters. The van der Waals surface area contributed by atoms with Crippen molar-refractivity contribution in [2.45, 2.75) is 103 Å². The molecule has 4 aromatic carbocycles. The highest BCUT2D eigenvalue weighted by Crippen LogP contribution is 2.40. The van der Waals surface area contributed by atoms with E-state index in [1.165, 1.54) is 7.11 Å². The highest BCUT2D eigenvalue weighted by atomic mass is 16.7. The lowest BCUT2D eigenvalue weighted by Crippen LogP contribution is -2.61. The Kier molecular flexibility index (Phi) is 14.6. The second kappa shape index (κ2) is 19.2. The average Bonchev–Trinajstić information content (AvgIpc) is 3.20. The molecule has 0 bridgehead atoms. The molecule has 5 atom stereocenters. The van der Waals surface area contributed by atoms with E-state index in [1.807, 2.05) is 114 Å². The Balaban J connectivity index is 1.48. The summed E-state index contributed by atoms with van der Waals surface area (Å²) in [4.78, 5) is 13.9. The van der Waals surface area contributed by atoms with Crippen molar-refractivity contribution >= 4 is 5.97 Å². The highest BCUT2D eigenvalue weighted by molar-refractivity contribution is 5.90. The third-order valence-electron chi connectivity index (χ3n) is 9.97. The second-order valence-electron chi connectivity index (χ2n) is 16.2. The first-order chi connectivity index (χ1) is 27.1. The summed E-state index contributed by atoms with van der Waals surface area (Å²) in [6.07, 6.45) is -4.05. The molecule has 1 fully saturated rings. The van der Waals surface area contributed by atoms with E-state index in [9.17, 15) is 9.90 Å². The molecule has 1 aliphatic heterocycles. The zero-order valence-electron chi connectivity index (χ0n) is 34.8. The zero-order chi connectivity index (χ0) is 41.3. The minimum Gasteiger partial charge on any atom is -0.507 e. The Labute approximate surface area is 337 Å². The van der Waals surface area contributed by atoms with Gasteiger partial charge in [0.15, 0.2) is 6.29 Å². The van der Waals surface area contributed by atoms with Gasteiger partial charge in [-0.1, -0.05) is 77.9 Å². The van der Waals surface area contributed by atoms with E-state index in [2.05, 4.69) is 0 Å². The fourth-order valence-corrected chi connectivity index (χ4v) is 6.65. The van der Waals surface area contributed by atoms with Crippen LogP contribution in [0.4, 0.5) is 0 Å². The van der Waals surface area contributed by atoms with Crippen molar-refractivity contribution in [1.29, 1.82) is 0 Å². The summed E-state index contributed by atoms with van der Waals surface area (Å²) in [6, 6.07) is 26.2. The summed E-state index contributed by atoms with van der Waals surface area (Å²) in [7, 11) is 6.39. The van der Waals surface area contributed by atoms with E-state index in [0.29, 0.717) is 16.7 Å². The molecule has 57 heavy (non-hydrogen) atoms. The number of hydrogen-bond donors (Lipinski definition) is 1. The molecular formula is C46H58O11. The van der Waals surface area contributed by atoms with Crippen LogP contribution in [0, 0.1) is 0 Å². The van der Waals surface area contributed by atoms with Crippen LogP contribution in [0.15, 0.2) is 84.9 Å². The van der Waals surface area contributed by atoms with Crippen molar-refractivity contribution < 1.29 is 52.5 Å². The number of phenolic OH excluding ortho intramolecular Hbond substituents is 1. The minimum absolute atomic E-state index is 0.176. The molecule has 4 aromatic rings. The third kappa shape index (κ3) is 11.3. The number of carbonyl (C=O) groups is 1. The van der Waals surface area contributed by atoms with Crippen LogP contribution in [0.5, 0.6) is 23.0 Å². The summed E-state index contributed by atoms with van der Waals surface area (Å²) in [5.41, 5.74) is 3.45. The quantitative estimate of drug-likeness (QED) is 0.111. The fraction of sp³-hybridized carbons (Fsp3) is 0.457. The van der Waals surface area contributed by atoms with Gasteiger partial charge < -0.3 is 47.7 Å². The average molecular weight is 787 g/mol. The lowest BCUT2D eigenvalue weighted by Gasteiger charge is -2.45. The molecular weight excluding hydrogens is 728 g/mol. The largest absolute Gasteiger partial charge is 0.507 e. The second-order valence-corrected chi connectivity index (χ2v) is 16.2. The van der Waals surface area contributed by atoms with Gasteiger partial charge in [0.05, 0.1) is 46.7 Å². The Morgan fingerprint density at radius 3 is 1.35 bits per heavy atom. The van der Waals surface area contributed by atoms with Gasteiger partial charge in [0.2, 0.25) is 0 Å². The van der Waals surface area contributed by atoms with Crippen molar-refractivity contribution in [2.75, 3.05) is 35.0 Å². The predicted molar refractivity (Wildman–Crippen MR) is 216 cm³/mol. The van der Waals surface area contributed by atoms with E-state index in [4.69, 9.17) is 42.6 Å². The summed E-state index contributed by atoms with van der Waals surface area (Å²) in [5.74, 6) is 1.79. The number of benzene rings is 4. The van der Waals surface area contributed by atoms with Crippen LogP contribution in [0.2, 0.25) is 0 Å². The lowest BCUT2D eigenvalue weighted by atomic mass is 9.78. The lowest BCUT2D eigenvalue weighted by molar-refractivity contribution is -0.321. The molecule has 1 saturated heterocycles. The van der Waals surface area contributed by atoms with Gasteiger partial charge in [0, 0.05) is 18.2 Å². The van der Waals surface area contributed by atoms with E-state index in [0.717, 1.165) is 33.9 Å². The van der Waals surface area contributed by atoms with Gasteiger partial charge >= 0.3 is 5.97 Å². The standard InChI is InChI=1S/C46H58O11/c1-45(2,3)36-23-32(24-37(39(36)47)46(4,5)6)43(48)56-28-38-40(53-25-29-11-17-33(49-7)18-12-29)41(54-26-30-13-19-34(50-8)20-14-30)42(44(52-10)57-38)55-27-31-15-21-35(51-9)22-16-31/h11-24,38,40-42,44,47H,25-28H2,1-10H3/t38-,40-,41+,42-,44+/m1/s1. The van der Waals surface area contributed by atoms with Gasteiger partial charge in [-0.3, -0.25) is 0 Å². The van der Waals surface area contributed by atoms with Gasteiger partial charge in [-0.25, -0.2) is 4.79 Å². The number of aromatic hydroxyl groups is 1. The van der Waals surface area contributed by atoms with Crippen LogP contribution < -0.4 is 14.2 Å². The van der Waals surface area contributed by atoms with Crippen LogP contribution in [0.25, 0.3) is 0 Å². The maximum atomic E-state index is 13.9. The molecule has 0 aromatic heterocycles. The van der Waals surface area contributed by atoms with E-state index in [-0.39, 0.29) is 32.2 Å². The molecule has 1 N–H and O–H groups in total. The molecule has 308 valence electrons. The Morgan fingerprint density at radius 1 is 0.596 bits per heavy atom. The van der Waals surface area contributed by atoms with Gasteiger partial charge in [0.25, 0.3) is 0 Å². The molecule has 0 spiro atoms. The van der Waals surface area contributed by atoms with Crippen molar-refractivity contribution in [3.05, 3.63) is 118 Å². The molecule has 1 aliphatic rings. The first-order valence-electron chi connectivity index (χ1n) is 19.1. The van der Waals surface area contributed by atoms with Gasteiger partial charge in [-0.2, -0.15) is 0 Å². The van der Waals surface area contributed by atoms with E-state index < -0.39 is 47.5 Å². The SMILES string of the molecule is COc1ccc(CO[C@@H]2[C@@H](OCc3ccc(OC)cc3)[C@@H](OC)O[C@H](COC(=O)c3cc(C(C)(C)C)c(O)c(C(C)(C)C)c3)[C@H]2OCc2ccc(OC)cc2)cc1. The Morgan fingerprint density at radius 2 is 0.982 bits per heavy atom. The van der Waals surface area contributed by atoms with Crippen molar-refractivity contribution in [1.82, 2.24) is 0 Å². The molecule has 0 radical (unpaired) electrons. The topological polar surface area (TPSA) is 120 Å². The number of phenols is 1. The summed E-state index contributed by atoms with van der Waals surface area (Å²) in [5, 5.41) is 11.3. The highest BCUT2D eigenvalue weighted by Gasteiger charge is 2.49. The predicted octanol–water partition coefficient (Wildman–Crippen LogP) is 8.30. The molecule has 1 heterocycles. The van der Waals surface area contributed by atoms with Crippen LogP contribution >= 0.6 is 0 Å². The molecule has 0 amide bonds. The number of hydrogen-bond acceptors (Lipinski definition) is 11. The molecule has 11 nitrogen and oxygen atoms in total. The zero-order valence-corrected chi connectivity index (χ0v) is 34.8. The van der Waals surface area contributed by atoms with Gasteiger partial charge in [-0.15, -0.1) is 0 Å². The smallest absolute Gasteiger partial charge is 0.338 e. The fourth-order valence-electron chi connectivity index (χ4n) is 6.65. The Bertz CT molecular complexity index is 1840. The Hall–Kier alpha value is -4.65. The van der Waals surface area contributed by atoms with Crippen molar-refractivity contribution in [3.8, 4) is 23.0 Å². The number of rotatable bonds is 16. The summed E-state index contributed by atoms with van der Waals surface area (Å²) < 4.78 is 54.6. The van der Waals surface area contributed by atoms with Crippen molar-refractivity contribution in [2.24, 2.45) is 0 Å². The van der Waals surface area contributed by atoms with Crippen LogP contribution in [-0.4, -0.2) is 76.8 Å². The van der Waals surface area contributed by atoms with E-state index in [1.54, 1.807) is 33.5 Å². The van der Waals surface area contributed by atoms with E-state index >= 15 is 0 Å². The maximum absolute atomic E-state index is 13.9.